The number of carbonyl (C=O) groups is 1. The zero-order chi connectivity index (χ0) is 17.3. The molecule has 0 saturated carbocycles. The summed E-state index contributed by atoms with van der Waals surface area (Å²) in [7, 11) is 0. The van der Waals surface area contributed by atoms with Gasteiger partial charge in [0.1, 0.15) is 0 Å². The van der Waals surface area contributed by atoms with Gasteiger partial charge in [0.2, 0.25) is 0 Å². The highest BCUT2D eigenvalue weighted by atomic mass is 16.2. The first-order valence-corrected chi connectivity index (χ1v) is 8.97. The van der Waals surface area contributed by atoms with E-state index in [1.165, 1.54) is 5.56 Å². The monoisotopic (exact) mass is 338 g/mol. The van der Waals surface area contributed by atoms with Gasteiger partial charge in [-0.25, -0.2) is 5.43 Å². The van der Waals surface area contributed by atoms with Crippen LogP contribution in [-0.2, 0) is 11.3 Å². The number of hydrogen-bond acceptors (Lipinski definition) is 4. The molecule has 3 rings (SSSR count). The molecule has 0 aromatic heterocycles. The van der Waals surface area contributed by atoms with E-state index >= 15 is 0 Å². The van der Waals surface area contributed by atoms with Crippen LogP contribution in [0.25, 0.3) is 0 Å². The van der Waals surface area contributed by atoms with E-state index in [1.807, 2.05) is 12.1 Å². The molecule has 1 N–H and O–H groups in total. The Morgan fingerprint density at radius 2 is 1.84 bits per heavy atom. The van der Waals surface area contributed by atoms with E-state index in [4.69, 9.17) is 0 Å². The summed E-state index contributed by atoms with van der Waals surface area (Å²) in [6.45, 7) is 5.20. The van der Waals surface area contributed by atoms with E-state index in [0.717, 1.165) is 51.1 Å². The lowest BCUT2D eigenvalue weighted by molar-refractivity contribution is -0.122. The van der Waals surface area contributed by atoms with Crippen molar-refractivity contribution in [2.45, 2.75) is 19.4 Å². The summed E-state index contributed by atoms with van der Waals surface area (Å²) in [6.07, 6.45) is 10.1. The molecule has 1 heterocycles. The minimum atomic E-state index is -0.0480. The molecule has 0 unspecified atom stereocenters. The van der Waals surface area contributed by atoms with Crippen molar-refractivity contribution in [2.75, 3.05) is 32.7 Å². The van der Waals surface area contributed by atoms with E-state index in [0.29, 0.717) is 6.54 Å². The van der Waals surface area contributed by atoms with Gasteiger partial charge in [-0.2, -0.15) is 5.10 Å². The highest BCUT2D eigenvalue weighted by Gasteiger charge is 2.18. The first-order valence-electron chi connectivity index (χ1n) is 8.97. The topological polar surface area (TPSA) is 47.9 Å². The number of carbonyl (C=O) groups excluding carboxylic acids is 1. The average molecular weight is 338 g/mol. The summed E-state index contributed by atoms with van der Waals surface area (Å²) in [6, 6.07) is 10.5. The van der Waals surface area contributed by atoms with Crippen molar-refractivity contribution in [1.29, 1.82) is 0 Å². The molecular formula is C20H26N4O. The molecule has 0 radical (unpaired) electrons. The third-order valence-corrected chi connectivity index (χ3v) is 4.51. The summed E-state index contributed by atoms with van der Waals surface area (Å²) in [5.74, 6) is -0.0480. The Morgan fingerprint density at radius 3 is 2.56 bits per heavy atom. The van der Waals surface area contributed by atoms with Gasteiger partial charge in [0.25, 0.3) is 5.91 Å². The van der Waals surface area contributed by atoms with E-state index in [-0.39, 0.29) is 5.91 Å². The maximum absolute atomic E-state index is 12.0. The zero-order valence-corrected chi connectivity index (χ0v) is 14.6. The van der Waals surface area contributed by atoms with Gasteiger partial charge in [-0.15, -0.1) is 0 Å². The third kappa shape index (κ3) is 5.96. The van der Waals surface area contributed by atoms with Crippen LogP contribution in [0.2, 0.25) is 0 Å². The standard InChI is InChI=1S/C20H26N4O/c25-20(22-21-15-18-7-3-1-4-8-18)17-24-13-11-23(12-14-24)16-19-9-5-2-6-10-19/h2-3,5-10,15H,1,4,11-14,16-17H2,(H,22,25)/b21-15+. The van der Waals surface area contributed by atoms with E-state index in [2.05, 4.69) is 56.7 Å². The molecular weight excluding hydrogens is 312 g/mol. The van der Waals surface area contributed by atoms with Gasteiger partial charge in [0.05, 0.1) is 12.8 Å². The van der Waals surface area contributed by atoms with Crippen molar-refractivity contribution in [3.63, 3.8) is 0 Å². The third-order valence-electron chi connectivity index (χ3n) is 4.51. The lowest BCUT2D eigenvalue weighted by Gasteiger charge is -2.34. The second-order valence-electron chi connectivity index (χ2n) is 6.51. The zero-order valence-electron chi connectivity index (χ0n) is 14.6. The van der Waals surface area contributed by atoms with Crippen molar-refractivity contribution in [3.8, 4) is 0 Å². The number of hydrogen-bond donors (Lipinski definition) is 1. The van der Waals surface area contributed by atoms with Gasteiger partial charge in [-0.05, 0) is 24.0 Å². The summed E-state index contributed by atoms with van der Waals surface area (Å²) in [5, 5.41) is 4.05. The Bertz CT molecular complexity index is 643. The van der Waals surface area contributed by atoms with Crippen molar-refractivity contribution in [3.05, 3.63) is 59.7 Å². The van der Waals surface area contributed by atoms with E-state index in [1.54, 1.807) is 6.21 Å². The Hall–Kier alpha value is -2.24. The molecule has 1 fully saturated rings. The summed E-state index contributed by atoms with van der Waals surface area (Å²) in [4.78, 5) is 16.6. The second kappa shape index (κ2) is 9.30. The molecule has 1 amide bonds. The van der Waals surface area contributed by atoms with Crippen LogP contribution in [0.3, 0.4) is 0 Å². The van der Waals surface area contributed by atoms with Crippen LogP contribution in [-0.4, -0.2) is 54.6 Å². The second-order valence-corrected chi connectivity index (χ2v) is 6.51. The molecule has 132 valence electrons. The van der Waals surface area contributed by atoms with Gasteiger partial charge in [-0.3, -0.25) is 14.6 Å². The fourth-order valence-corrected chi connectivity index (χ4v) is 3.09. The van der Waals surface area contributed by atoms with Crippen molar-refractivity contribution in [1.82, 2.24) is 15.2 Å². The lowest BCUT2D eigenvalue weighted by Crippen LogP contribution is -2.48. The minimum Gasteiger partial charge on any atom is -0.297 e. The summed E-state index contributed by atoms with van der Waals surface area (Å²) < 4.78 is 0. The number of nitrogens with zero attached hydrogens (tertiary/aromatic N) is 3. The molecule has 1 aromatic carbocycles. The van der Waals surface area contributed by atoms with Gasteiger partial charge in [0.15, 0.2) is 0 Å². The number of allylic oxidation sites excluding steroid dienone is 4. The Labute approximate surface area is 149 Å². The van der Waals surface area contributed by atoms with Crippen molar-refractivity contribution in [2.24, 2.45) is 5.10 Å². The molecule has 1 saturated heterocycles. The van der Waals surface area contributed by atoms with Gasteiger partial charge < -0.3 is 0 Å². The normalized spacial score (nSPS) is 19.1. The van der Waals surface area contributed by atoms with Crippen LogP contribution >= 0.6 is 0 Å². The lowest BCUT2D eigenvalue weighted by atomic mass is 10.1. The fourth-order valence-electron chi connectivity index (χ4n) is 3.09. The Kier molecular flexibility index (Phi) is 6.54. The number of amides is 1. The van der Waals surface area contributed by atoms with Gasteiger partial charge in [-0.1, -0.05) is 48.6 Å². The molecule has 2 aliphatic rings. The van der Waals surface area contributed by atoms with Crippen LogP contribution in [0, 0.1) is 0 Å². The van der Waals surface area contributed by atoms with Crippen LogP contribution < -0.4 is 5.43 Å². The van der Waals surface area contributed by atoms with Gasteiger partial charge in [0, 0.05) is 32.7 Å². The fraction of sp³-hybridized carbons (Fsp3) is 0.400. The average Bonchev–Trinajstić information content (AvgIpc) is 2.65. The number of rotatable bonds is 6. The van der Waals surface area contributed by atoms with Crippen LogP contribution in [0.5, 0.6) is 0 Å². The molecule has 25 heavy (non-hydrogen) atoms. The molecule has 1 aromatic rings. The number of benzene rings is 1. The molecule has 0 atom stereocenters. The number of nitrogens with one attached hydrogen (secondary N) is 1. The first-order chi connectivity index (χ1) is 12.3. The summed E-state index contributed by atoms with van der Waals surface area (Å²) >= 11 is 0. The number of hydrazone groups is 1. The maximum Gasteiger partial charge on any atom is 0.254 e. The van der Waals surface area contributed by atoms with E-state index < -0.39 is 0 Å². The molecule has 1 aliphatic carbocycles. The van der Waals surface area contributed by atoms with Crippen molar-refractivity contribution < 1.29 is 4.79 Å². The molecule has 0 bridgehead atoms. The Balaban J connectivity index is 1.35. The highest BCUT2D eigenvalue weighted by molar-refractivity contribution is 5.84. The SMILES string of the molecule is O=C(CN1CCN(Cc2ccccc2)CC1)N/N=C/C1=CCCC=C1. The van der Waals surface area contributed by atoms with Crippen molar-refractivity contribution >= 4 is 12.1 Å². The van der Waals surface area contributed by atoms with Crippen LogP contribution in [0.1, 0.15) is 18.4 Å². The Morgan fingerprint density at radius 1 is 1.08 bits per heavy atom. The molecule has 5 nitrogen and oxygen atoms in total. The number of piperazine rings is 1. The molecule has 5 heteroatoms. The highest BCUT2D eigenvalue weighted by Crippen LogP contribution is 2.08. The first kappa shape index (κ1) is 17.6. The largest absolute Gasteiger partial charge is 0.297 e. The maximum atomic E-state index is 12.0. The van der Waals surface area contributed by atoms with E-state index in [9.17, 15) is 4.79 Å². The predicted octanol–water partition coefficient (Wildman–Crippen LogP) is 2.18. The molecule has 0 spiro atoms. The molecule has 1 aliphatic heterocycles. The van der Waals surface area contributed by atoms with Crippen LogP contribution in [0.4, 0.5) is 0 Å². The van der Waals surface area contributed by atoms with Crippen LogP contribution in [0.15, 0.2) is 59.2 Å². The minimum absolute atomic E-state index is 0.0480. The predicted molar refractivity (Wildman–Crippen MR) is 101 cm³/mol. The smallest absolute Gasteiger partial charge is 0.254 e. The van der Waals surface area contributed by atoms with Gasteiger partial charge >= 0.3 is 0 Å². The summed E-state index contributed by atoms with van der Waals surface area (Å²) in [5.41, 5.74) is 5.03. The quantitative estimate of drug-likeness (QED) is 0.639.